The van der Waals surface area contributed by atoms with Crippen molar-refractivity contribution in [2.45, 2.75) is 10.2 Å². The number of alkyl halides is 3. The Hall–Kier alpha value is -0.560. The molecular weight excluding hydrogens is 311 g/mol. The number of nitrogens with zero attached hydrogens (tertiary/aromatic N) is 1. The lowest BCUT2D eigenvalue weighted by Gasteiger charge is -2.08. The molecule has 1 aromatic rings. The Morgan fingerprint density at radius 2 is 2.18 bits per heavy atom. The molecule has 0 aliphatic carbocycles. The van der Waals surface area contributed by atoms with Gasteiger partial charge in [-0.25, -0.2) is 4.98 Å². The molecule has 1 rings (SSSR count). The maximum Gasteiger partial charge on any atom is 0.311 e. The van der Waals surface area contributed by atoms with Crippen LogP contribution >= 0.6 is 46.1 Å². The van der Waals surface area contributed by atoms with E-state index in [1.54, 1.807) is 5.38 Å². The number of halogens is 3. The van der Waals surface area contributed by atoms with Gasteiger partial charge in [0.15, 0.2) is 5.13 Å². The van der Waals surface area contributed by atoms with Crippen LogP contribution < -0.4 is 5.32 Å². The Labute approximate surface area is 116 Å². The van der Waals surface area contributed by atoms with E-state index in [2.05, 4.69) is 15.0 Å². The Morgan fingerprint density at radius 3 is 2.71 bits per heavy atom. The van der Waals surface area contributed by atoms with Gasteiger partial charge in [-0.1, -0.05) is 34.8 Å². The first kappa shape index (κ1) is 14.5. The molecular formula is C8H7Cl3N2O3S. The molecule has 0 spiro atoms. The van der Waals surface area contributed by atoms with E-state index in [1.165, 1.54) is 7.11 Å². The van der Waals surface area contributed by atoms with E-state index in [0.29, 0.717) is 5.69 Å². The maximum absolute atomic E-state index is 11.3. The number of hydrogen-bond acceptors (Lipinski definition) is 5. The number of anilines is 1. The van der Waals surface area contributed by atoms with Gasteiger partial charge in [-0.15, -0.1) is 11.3 Å². The molecule has 0 radical (unpaired) electrons. The van der Waals surface area contributed by atoms with Crippen LogP contribution in [0, 0.1) is 0 Å². The lowest BCUT2D eigenvalue weighted by atomic mass is 10.3. The lowest BCUT2D eigenvalue weighted by molar-refractivity contribution is -0.139. The number of nitrogens with one attached hydrogen (secondary N) is 1. The van der Waals surface area contributed by atoms with Crippen molar-refractivity contribution in [3.05, 3.63) is 11.1 Å². The smallest absolute Gasteiger partial charge is 0.311 e. The molecule has 9 heteroatoms. The second kappa shape index (κ2) is 5.86. The number of aromatic nitrogens is 1. The van der Waals surface area contributed by atoms with Gasteiger partial charge in [0.05, 0.1) is 19.2 Å². The van der Waals surface area contributed by atoms with E-state index in [9.17, 15) is 9.59 Å². The second-order valence-corrected chi connectivity index (χ2v) is 5.99. The number of hydrogen-bond donors (Lipinski definition) is 1. The van der Waals surface area contributed by atoms with E-state index in [4.69, 9.17) is 34.8 Å². The number of esters is 1. The van der Waals surface area contributed by atoms with Gasteiger partial charge < -0.3 is 4.74 Å². The van der Waals surface area contributed by atoms with Gasteiger partial charge in [-0.3, -0.25) is 14.9 Å². The fourth-order valence-electron chi connectivity index (χ4n) is 0.834. The number of methoxy groups -OCH3 is 1. The fraction of sp³-hybridized carbons (Fsp3) is 0.375. The first-order chi connectivity index (χ1) is 7.82. The minimum absolute atomic E-state index is 0.0244. The van der Waals surface area contributed by atoms with Crippen molar-refractivity contribution in [3.63, 3.8) is 0 Å². The zero-order valence-electron chi connectivity index (χ0n) is 8.50. The summed E-state index contributed by atoms with van der Waals surface area (Å²) in [6, 6.07) is 0. The van der Waals surface area contributed by atoms with Crippen LogP contribution in [-0.4, -0.2) is 27.8 Å². The first-order valence-corrected chi connectivity index (χ1v) is 6.23. The monoisotopic (exact) mass is 316 g/mol. The summed E-state index contributed by atoms with van der Waals surface area (Å²) in [6.07, 6.45) is 0.0244. The van der Waals surface area contributed by atoms with Gasteiger partial charge in [0.2, 0.25) is 0 Å². The zero-order valence-corrected chi connectivity index (χ0v) is 11.6. The van der Waals surface area contributed by atoms with Crippen molar-refractivity contribution in [2.24, 2.45) is 0 Å². The summed E-state index contributed by atoms with van der Waals surface area (Å²) in [6.45, 7) is 0. The summed E-state index contributed by atoms with van der Waals surface area (Å²) in [5, 5.41) is 4.17. The molecule has 0 fully saturated rings. The molecule has 1 amide bonds. The molecule has 0 atom stereocenters. The topological polar surface area (TPSA) is 68.3 Å². The third-order valence-electron chi connectivity index (χ3n) is 1.58. The minimum Gasteiger partial charge on any atom is -0.469 e. The Kier molecular flexibility index (Phi) is 5.00. The Bertz CT molecular complexity index is 430. The summed E-state index contributed by atoms with van der Waals surface area (Å²) in [4.78, 5) is 26.2. The number of amides is 1. The summed E-state index contributed by atoms with van der Waals surface area (Å²) < 4.78 is 2.43. The molecule has 5 nitrogen and oxygen atoms in total. The van der Waals surface area contributed by atoms with Crippen molar-refractivity contribution in [2.75, 3.05) is 12.4 Å². The molecule has 1 aromatic heterocycles. The van der Waals surface area contributed by atoms with Crippen LogP contribution in [-0.2, 0) is 20.7 Å². The first-order valence-electron chi connectivity index (χ1n) is 4.22. The average molecular weight is 318 g/mol. The molecule has 0 saturated heterocycles. The predicted molar refractivity (Wildman–Crippen MR) is 66.8 cm³/mol. The van der Waals surface area contributed by atoms with Gasteiger partial charge in [0.25, 0.3) is 9.70 Å². The predicted octanol–water partition coefficient (Wildman–Crippen LogP) is 2.17. The van der Waals surface area contributed by atoms with Gasteiger partial charge in [-0.2, -0.15) is 0 Å². The van der Waals surface area contributed by atoms with Gasteiger partial charge >= 0.3 is 5.97 Å². The SMILES string of the molecule is COC(=O)Cc1csc(NC(=O)C(Cl)(Cl)Cl)n1. The van der Waals surface area contributed by atoms with E-state index in [-0.39, 0.29) is 11.6 Å². The molecule has 1 heterocycles. The van der Waals surface area contributed by atoms with E-state index < -0.39 is 15.7 Å². The zero-order chi connectivity index (χ0) is 13.1. The van der Waals surface area contributed by atoms with Crippen LogP contribution in [0.15, 0.2) is 5.38 Å². The van der Waals surface area contributed by atoms with Gasteiger partial charge in [0, 0.05) is 5.38 Å². The van der Waals surface area contributed by atoms with Crippen molar-refractivity contribution >= 4 is 63.1 Å². The van der Waals surface area contributed by atoms with E-state index >= 15 is 0 Å². The second-order valence-electron chi connectivity index (χ2n) is 2.85. The highest BCUT2D eigenvalue weighted by Crippen LogP contribution is 2.28. The molecule has 0 aliphatic rings. The Morgan fingerprint density at radius 1 is 1.53 bits per heavy atom. The molecule has 0 bridgehead atoms. The summed E-state index contributed by atoms with van der Waals surface area (Å²) in [5.41, 5.74) is 0.474. The standard InChI is InChI=1S/C8H7Cl3N2O3S/c1-16-5(14)2-4-3-17-7(12-4)13-6(15)8(9,10)11/h3H,2H2,1H3,(H,12,13,15). The minimum atomic E-state index is -2.05. The number of carbonyl (C=O) groups is 2. The van der Waals surface area contributed by atoms with Crippen LogP contribution in [0.3, 0.4) is 0 Å². The van der Waals surface area contributed by atoms with Crippen LogP contribution in [0.5, 0.6) is 0 Å². The highest BCUT2D eigenvalue weighted by Gasteiger charge is 2.31. The lowest BCUT2D eigenvalue weighted by Crippen LogP contribution is -2.26. The molecule has 0 aliphatic heterocycles. The third-order valence-corrected chi connectivity index (χ3v) is 2.90. The fourth-order valence-corrected chi connectivity index (χ4v) is 1.68. The highest BCUT2D eigenvalue weighted by atomic mass is 35.6. The number of ether oxygens (including phenoxy) is 1. The third kappa shape index (κ3) is 4.67. The number of thiazole rings is 1. The average Bonchev–Trinajstić information content (AvgIpc) is 2.64. The molecule has 17 heavy (non-hydrogen) atoms. The van der Waals surface area contributed by atoms with E-state index in [0.717, 1.165) is 11.3 Å². The van der Waals surface area contributed by atoms with Crippen LogP contribution in [0.1, 0.15) is 5.69 Å². The van der Waals surface area contributed by atoms with Crippen LogP contribution in [0.25, 0.3) is 0 Å². The van der Waals surface area contributed by atoms with Crippen molar-refractivity contribution in [1.29, 1.82) is 0 Å². The van der Waals surface area contributed by atoms with E-state index in [1.807, 2.05) is 0 Å². The maximum atomic E-state index is 11.3. The number of rotatable bonds is 3. The highest BCUT2D eigenvalue weighted by molar-refractivity contribution is 7.14. The summed E-state index contributed by atoms with van der Waals surface area (Å²) in [7, 11) is 1.28. The van der Waals surface area contributed by atoms with Crippen LogP contribution in [0.2, 0.25) is 0 Å². The quantitative estimate of drug-likeness (QED) is 0.685. The molecule has 1 N–H and O–H groups in total. The summed E-state index contributed by atoms with van der Waals surface area (Å²) in [5.74, 6) is -1.23. The molecule has 0 aromatic carbocycles. The largest absolute Gasteiger partial charge is 0.469 e. The van der Waals surface area contributed by atoms with Crippen molar-refractivity contribution in [1.82, 2.24) is 4.98 Å². The Balaban J connectivity index is 2.63. The van der Waals surface area contributed by atoms with Crippen LogP contribution in [0.4, 0.5) is 5.13 Å². The van der Waals surface area contributed by atoms with Gasteiger partial charge in [0.1, 0.15) is 0 Å². The van der Waals surface area contributed by atoms with Crippen molar-refractivity contribution in [3.8, 4) is 0 Å². The molecule has 0 unspecified atom stereocenters. The molecule has 94 valence electrons. The summed E-state index contributed by atoms with van der Waals surface area (Å²) >= 11 is 17.2. The van der Waals surface area contributed by atoms with Gasteiger partial charge in [-0.05, 0) is 0 Å². The van der Waals surface area contributed by atoms with Crippen molar-refractivity contribution < 1.29 is 14.3 Å². The molecule has 0 saturated carbocycles. The number of carbonyl (C=O) groups excluding carboxylic acids is 2. The normalized spacial score (nSPS) is 11.1.